The van der Waals surface area contributed by atoms with Crippen LogP contribution in [0.5, 0.6) is 0 Å². The normalized spacial score (nSPS) is 18.8. The van der Waals surface area contributed by atoms with Gasteiger partial charge >= 0.3 is 6.03 Å². The van der Waals surface area contributed by atoms with E-state index in [-0.39, 0.29) is 11.9 Å². The number of carbonyl (C=O) groups excluding carboxylic acids is 2. The van der Waals surface area contributed by atoms with Crippen LogP contribution >= 0.6 is 0 Å². The lowest BCUT2D eigenvalue weighted by Gasteiger charge is -2.41. The number of anilines is 1. The molecule has 1 aromatic rings. The summed E-state index contributed by atoms with van der Waals surface area (Å²) in [6, 6.07) is 8.62. The zero-order chi connectivity index (χ0) is 17.1. The maximum Gasteiger partial charge on any atom is 0.320 e. The van der Waals surface area contributed by atoms with Gasteiger partial charge in [0.2, 0.25) is 5.91 Å². The highest BCUT2D eigenvalue weighted by molar-refractivity contribution is 5.76. The third-order valence-electron chi connectivity index (χ3n) is 4.91. The predicted octanol–water partition coefficient (Wildman–Crippen LogP) is 1.40. The highest BCUT2D eigenvalue weighted by Crippen LogP contribution is 2.18. The SMILES string of the molecule is CC(=O)N1CCN(C(=O)N2CCN(c3cccc(C)c3)CC2)CC1. The third-order valence-corrected chi connectivity index (χ3v) is 4.91. The minimum absolute atomic E-state index is 0.0915. The molecule has 130 valence electrons. The molecule has 2 heterocycles. The molecule has 0 aliphatic carbocycles. The van der Waals surface area contributed by atoms with Gasteiger partial charge in [0.15, 0.2) is 0 Å². The Morgan fingerprint density at radius 2 is 1.38 bits per heavy atom. The van der Waals surface area contributed by atoms with Crippen molar-refractivity contribution in [2.45, 2.75) is 13.8 Å². The number of urea groups is 1. The molecule has 2 aliphatic heterocycles. The van der Waals surface area contributed by atoms with Crippen LogP contribution in [0.15, 0.2) is 24.3 Å². The summed E-state index contributed by atoms with van der Waals surface area (Å²) in [5.74, 6) is 0.0915. The van der Waals surface area contributed by atoms with E-state index in [4.69, 9.17) is 0 Å². The van der Waals surface area contributed by atoms with Crippen molar-refractivity contribution in [1.82, 2.24) is 14.7 Å². The van der Waals surface area contributed by atoms with Crippen molar-refractivity contribution < 1.29 is 9.59 Å². The van der Waals surface area contributed by atoms with Crippen LogP contribution in [0, 0.1) is 6.92 Å². The van der Waals surface area contributed by atoms with Gasteiger partial charge in [-0.2, -0.15) is 0 Å². The predicted molar refractivity (Wildman–Crippen MR) is 94.2 cm³/mol. The molecule has 3 rings (SSSR count). The maximum absolute atomic E-state index is 12.7. The molecule has 0 N–H and O–H groups in total. The van der Waals surface area contributed by atoms with Gasteiger partial charge in [0.1, 0.15) is 0 Å². The first kappa shape index (κ1) is 16.6. The zero-order valence-electron chi connectivity index (χ0n) is 14.6. The number of hydrogen-bond acceptors (Lipinski definition) is 3. The Morgan fingerprint density at radius 3 is 1.92 bits per heavy atom. The smallest absolute Gasteiger partial charge is 0.320 e. The molecule has 0 saturated carbocycles. The minimum Gasteiger partial charge on any atom is -0.368 e. The fourth-order valence-corrected chi connectivity index (χ4v) is 3.39. The van der Waals surface area contributed by atoms with Gasteiger partial charge in [-0.05, 0) is 24.6 Å². The van der Waals surface area contributed by atoms with Gasteiger partial charge in [0, 0.05) is 65.0 Å². The van der Waals surface area contributed by atoms with E-state index in [2.05, 4.69) is 36.1 Å². The van der Waals surface area contributed by atoms with Crippen LogP contribution in [0.4, 0.5) is 10.5 Å². The highest BCUT2D eigenvalue weighted by Gasteiger charge is 2.28. The standard InChI is InChI=1S/C18H26N4O2/c1-15-4-3-5-17(14-15)20-8-12-22(13-9-20)18(24)21-10-6-19(7-11-21)16(2)23/h3-5,14H,6-13H2,1-2H3. The van der Waals surface area contributed by atoms with Crippen LogP contribution in [-0.2, 0) is 4.79 Å². The van der Waals surface area contributed by atoms with E-state index in [0.29, 0.717) is 26.2 Å². The van der Waals surface area contributed by atoms with E-state index in [9.17, 15) is 9.59 Å². The third kappa shape index (κ3) is 3.63. The number of nitrogens with zero attached hydrogens (tertiary/aromatic N) is 4. The Kier molecular flexibility index (Phi) is 4.92. The zero-order valence-corrected chi connectivity index (χ0v) is 14.6. The van der Waals surface area contributed by atoms with E-state index < -0.39 is 0 Å². The Labute approximate surface area is 143 Å². The summed E-state index contributed by atoms with van der Waals surface area (Å²) in [6.45, 7) is 9.47. The molecule has 0 atom stereocenters. The summed E-state index contributed by atoms with van der Waals surface area (Å²) in [5, 5.41) is 0. The molecule has 6 heteroatoms. The molecule has 0 bridgehead atoms. The average molecular weight is 330 g/mol. The Balaban J connectivity index is 1.51. The Bertz CT molecular complexity index is 603. The molecule has 6 nitrogen and oxygen atoms in total. The largest absolute Gasteiger partial charge is 0.368 e. The van der Waals surface area contributed by atoms with Crippen LogP contribution in [0.2, 0.25) is 0 Å². The second kappa shape index (κ2) is 7.11. The topological polar surface area (TPSA) is 47.1 Å². The van der Waals surface area contributed by atoms with Crippen molar-refractivity contribution in [3.8, 4) is 0 Å². The summed E-state index contributed by atoms with van der Waals surface area (Å²) in [5.41, 5.74) is 2.49. The van der Waals surface area contributed by atoms with Crippen molar-refractivity contribution >= 4 is 17.6 Å². The summed E-state index contributed by atoms with van der Waals surface area (Å²) in [4.78, 5) is 32.0. The van der Waals surface area contributed by atoms with Gasteiger partial charge in [0.25, 0.3) is 0 Å². The van der Waals surface area contributed by atoms with Crippen molar-refractivity contribution in [2.75, 3.05) is 57.3 Å². The van der Waals surface area contributed by atoms with Crippen LogP contribution < -0.4 is 4.90 Å². The van der Waals surface area contributed by atoms with Gasteiger partial charge in [-0.15, -0.1) is 0 Å². The van der Waals surface area contributed by atoms with E-state index >= 15 is 0 Å². The lowest BCUT2D eigenvalue weighted by molar-refractivity contribution is -0.130. The molecule has 24 heavy (non-hydrogen) atoms. The average Bonchev–Trinajstić information content (AvgIpc) is 2.61. The lowest BCUT2D eigenvalue weighted by atomic mass is 10.2. The van der Waals surface area contributed by atoms with Crippen LogP contribution in [0.25, 0.3) is 0 Å². The lowest BCUT2D eigenvalue weighted by Crippen LogP contribution is -2.57. The van der Waals surface area contributed by atoms with Gasteiger partial charge in [-0.25, -0.2) is 4.79 Å². The van der Waals surface area contributed by atoms with E-state index in [0.717, 1.165) is 26.2 Å². The number of rotatable bonds is 1. The van der Waals surface area contributed by atoms with Crippen molar-refractivity contribution in [2.24, 2.45) is 0 Å². The Hall–Kier alpha value is -2.24. The molecule has 2 aliphatic rings. The van der Waals surface area contributed by atoms with Gasteiger partial charge in [0.05, 0.1) is 0 Å². The number of piperazine rings is 2. The second-order valence-electron chi connectivity index (χ2n) is 6.59. The fraction of sp³-hybridized carbons (Fsp3) is 0.556. The van der Waals surface area contributed by atoms with Crippen molar-refractivity contribution in [3.63, 3.8) is 0 Å². The molecule has 2 fully saturated rings. The highest BCUT2D eigenvalue weighted by atomic mass is 16.2. The molecular formula is C18H26N4O2. The molecule has 0 radical (unpaired) electrons. The first-order valence-electron chi connectivity index (χ1n) is 8.65. The number of benzene rings is 1. The number of carbonyl (C=O) groups is 2. The molecular weight excluding hydrogens is 304 g/mol. The number of amides is 3. The quantitative estimate of drug-likeness (QED) is 0.782. The minimum atomic E-state index is 0.0915. The first-order chi connectivity index (χ1) is 11.5. The molecule has 0 unspecified atom stereocenters. The molecule has 2 saturated heterocycles. The van der Waals surface area contributed by atoms with Crippen LogP contribution in [0.1, 0.15) is 12.5 Å². The number of hydrogen-bond donors (Lipinski definition) is 0. The summed E-state index contributed by atoms with van der Waals surface area (Å²) < 4.78 is 0. The summed E-state index contributed by atoms with van der Waals surface area (Å²) in [7, 11) is 0. The van der Waals surface area contributed by atoms with Gasteiger partial charge < -0.3 is 19.6 Å². The van der Waals surface area contributed by atoms with E-state index in [1.807, 2.05) is 9.80 Å². The molecule has 0 spiro atoms. The summed E-state index contributed by atoms with van der Waals surface area (Å²) >= 11 is 0. The van der Waals surface area contributed by atoms with Crippen LogP contribution in [0.3, 0.4) is 0 Å². The molecule has 3 amide bonds. The first-order valence-corrected chi connectivity index (χ1v) is 8.65. The van der Waals surface area contributed by atoms with Crippen molar-refractivity contribution in [1.29, 1.82) is 0 Å². The Morgan fingerprint density at radius 1 is 0.833 bits per heavy atom. The van der Waals surface area contributed by atoms with Crippen LogP contribution in [-0.4, -0.2) is 79.0 Å². The molecule has 0 aromatic heterocycles. The number of aryl methyl sites for hydroxylation is 1. The monoisotopic (exact) mass is 330 g/mol. The summed E-state index contributed by atoms with van der Waals surface area (Å²) in [6.07, 6.45) is 0. The maximum atomic E-state index is 12.7. The second-order valence-corrected chi connectivity index (χ2v) is 6.59. The van der Waals surface area contributed by atoms with Gasteiger partial charge in [-0.3, -0.25) is 4.79 Å². The van der Waals surface area contributed by atoms with Gasteiger partial charge in [-0.1, -0.05) is 12.1 Å². The van der Waals surface area contributed by atoms with E-state index in [1.165, 1.54) is 11.3 Å². The van der Waals surface area contributed by atoms with Crippen molar-refractivity contribution in [3.05, 3.63) is 29.8 Å². The van der Waals surface area contributed by atoms with E-state index in [1.54, 1.807) is 11.8 Å². The molecule has 1 aromatic carbocycles. The fourth-order valence-electron chi connectivity index (χ4n) is 3.39.